The number of aromatic hydroxyl groups is 1. The van der Waals surface area contributed by atoms with Gasteiger partial charge in [-0.05, 0) is 61.8 Å². The van der Waals surface area contributed by atoms with E-state index in [1.165, 1.54) is 31.7 Å². The second-order valence-electron chi connectivity index (χ2n) is 9.90. The van der Waals surface area contributed by atoms with Gasteiger partial charge >= 0.3 is 0 Å². The summed E-state index contributed by atoms with van der Waals surface area (Å²) in [5, 5.41) is 17.0. The topological polar surface area (TPSA) is 110 Å². The molecule has 4 aromatic rings. The molecule has 2 amide bonds. The first-order valence-corrected chi connectivity index (χ1v) is 13.3. The summed E-state index contributed by atoms with van der Waals surface area (Å²) in [4.78, 5) is 34.0. The Hall–Kier alpha value is -4.43. The molecular weight excluding hydrogens is 490 g/mol. The summed E-state index contributed by atoms with van der Waals surface area (Å²) < 4.78 is 0. The second kappa shape index (κ2) is 12.0. The largest absolute Gasteiger partial charge is 0.494 e. The van der Waals surface area contributed by atoms with Crippen LogP contribution in [0.3, 0.4) is 0 Å². The number of nitrogens with one attached hydrogen (secondary N) is 3. The van der Waals surface area contributed by atoms with Crippen molar-refractivity contribution in [1.82, 2.24) is 15.2 Å². The zero-order valence-electron chi connectivity index (χ0n) is 22.0. The van der Waals surface area contributed by atoms with Crippen LogP contribution in [0.25, 0.3) is 10.9 Å². The smallest absolute Gasteiger partial charge is 0.243 e. The number of aromatic amines is 1. The van der Waals surface area contributed by atoms with Gasteiger partial charge in [-0.1, -0.05) is 48.9 Å². The van der Waals surface area contributed by atoms with Gasteiger partial charge in [0.2, 0.25) is 11.8 Å². The first kappa shape index (κ1) is 26.2. The number of benzene rings is 3. The van der Waals surface area contributed by atoms with Gasteiger partial charge < -0.3 is 20.7 Å². The van der Waals surface area contributed by atoms with Crippen LogP contribution < -0.4 is 10.6 Å². The molecule has 0 radical (unpaired) electrons. The Morgan fingerprint density at radius 2 is 1.72 bits per heavy atom. The summed E-state index contributed by atoms with van der Waals surface area (Å²) in [5.41, 5.74) is 5.31. The van der Waals surface area contributed by atoms with Crippen molar-refractivity contribution in [3.63, 3.8) is 0 Å². The maximum absolute atomic E-state index is 12.3. The highest BCUT2D eigenvalue weighted by Gasteiger charge is 2.19. The number of carbonyl (C=O) groups is 2. The zero-order chi connectivity index (χ0) is 27.2. The Bertz CT molecular complexity index is 1490. The summed E-state index contributed by atoms with van der Waals surface area (Å²) >= 11 is 0. The van der Waals surface area contributed by atoms with Gasteiger partial charge in [0.25, 0.3) is 0 Å². The Morgan fingerprint density at radius 1 is 0.974 bits per heavy atom. The normalized spacial score (nSPS) is 14.3. The number of likely N-dealkylation sites (tertiary alicyclic amines) is 1. The SMILES string of the molecule is CC(=O)NCC(=O)Nc1ccc2[nH]c(O)c(C(=Nc3ccc(CN4CCCCC4)cc3)c3ccccc3)c2c1. The number of nitrogens with zero attached hydrogens (tertiary/aromatic N) is 2. The van der Waals surface area contributed by atoms with Crippen LogP contribution in [0.4, 0.5) is 11.4 Å². The van der Waals surface area contributed by atoms with Crippen molar-refractivity contribution in [3.8, 4) is 5.88 Å². The molecule has 5 rings (SSSR count). The predicted molar refractivity (Wildman–Crippen MR) is 155 cm³/mol. The number of rotatable bonds is 8. The van der Waals surface area contributed by atoms with Gasteiger partial charge in [-0.15, -0.1) is 0 Å². The Morgan fingerprint density at radius 3 is 2.44 bits per heavy atom. The fourth-order valence-corrected chi connectivity index (χ4v) is 4.95. The monoisotopic (exact) mass is 523 g/mol. The minimum atomic E-state index is -0.340. The summed E-state index contributed by atoms with van der Waals surface area (Å²) in [6.45, 7) is 4.47. The van der Waals surface area contributed by atoms with E-state index in [-0.39, 0.29) is 24.2 Å². The molecule has 1 aliphatic heterocycles. The van der Waals surface area contributed by atoms with Crippen molar-refractivity contribution in [2.24, 2.45) is 4.99 Å². The molecule has 0 atom stereocenters. The lowest BCUT2D eigenvalue weighted by Crippen LogP contribution is -2.31. The molecule has 0 unspecified atom stereocenters. The molecule has 3 aromatic carbocycles. The summed E-state index contributed by atoms with van der Waals surface area (Å²) in [7, 11) is 0. The maximum Gasteiger partial charge on any atom is 0.243 e. The molecule has 1 aliphatic rings. The molecule has 2 heterocycles. The van der Waals surface area contributed by atoms with Crippen LogP contribution >= 0.6 is 0 Å². The number of hydrogen-bond acceptors (Lipinski definition) is 5. The van der Waals surface area contributed by atoms with E-state index < -0.39 is 0 Å². The lowest BCUT2D eigenvalue weighted by atomic mass is 10.0. The molecule has 0 saturated carbocycles. The highest BCUT2D eigenvalue weighted by atomic mass is 16.3. The van der Waals surface area contributed by atoms with Crippen molar-refractivity contribution in [3.05, 3.63) is 89.5 Å². The molecule has 0 aliphatic carbocycles. The number of anilines is 1. The number of amides is 2. The van der Waals surface area contributed by atoms with Crippen LogP contribution in [0.1, 0.15) is 42.9 Å². The highest BCUT2D eigenvalue weighted by molar-refractivity contribution is 6.22. The standard InChI is InChI=1S/C31H33N5O3/c1-21(37)32-19-28(38)33-25-14-15-27-26(18-25)29(31(39)35-27)30(23-8-4-2-5-9-23)34-24-12-10-22(11-13-24)20-36-16-6-3-7-17-36/h2,4-5,8-15,18,35,39H,3,6-7,16-17,19-20H2,1H3,(H,32,37)(H,33,38). The van der Waals surface area contributed by atoms with Gasteiger partial charge in [-0.25, -0.2) is 4.99 Å². The minimum Gasteiger partial charge on any atom is -0.494 e. The van der Waals surface area contributed by atoms with E-state index in [9.17, 15) is 14.7 Å². The fraction of sp³-hybridized carbons (Fsp3) is 0.258. The predicted octanol–water partition coefficient (Wildman–Crippen LogP) is 5.10. The molecule has 1 aromatic heterocycles. The third-order valence-corrected chi connectivity index (χ3v) is 6.88. The summed E-state index contributed by atoms with van der Waals surface area (Å²) in [6.07, 6.45) is 3.84. The van der Waals surface area contributed by atoms with Crippen LogP contribution in [-0.2, 0) is 16.1 Å². The van der Waals surface area contributed by atoms with Gasteiger partial charge in [0.05, 0.1) is 23.5 Å². The molecule has 0 bridgehead atoms. The van der Waals surface area contributed by atoms with E-state index in [1.54, 1.807) is 18.2 Å². The molecule has 8 heteroatoms. The third kappa shape index (κ3) is 6.53. The number of aromatic nitrogens is 1. The molecule has 4 N–H and O–H groups in total. The molecule has 1 saturated heterocycles. The van der Waals surface area contributed by atoms with E-state index in [4.69, 9.17) is 4.99 Å². The number of fused-ring (bicyclic) bond motifs is 1. The zero-order valence-corrected chi connectivity index (χ0v) is 22.0. The maximum atomic E-state index is 12.3. The number of aliphatic imine (C=N–C) groups is 1. The van der Waals surface area contributed by atoms with Crippen LogP contribution in [-0.4, -0.2) is 52.2 Å². The number of hydrogen-bond donors (Lipinski definition) is 4. The van der Waals surface area contributed by atoms with Gasteiger partial charge in [0.15, 0.2) is 5.88 Å². The van der Waals surface area contributed by atoms with Gasteiger partial charge in [-0.3, -0.25) is 14.5 Å². The summed E-state index contributed by atoms with van der Waals surface area (Å²) in [6, 6.07) is 23.3. The average molecular weight is 524 g/mol. The van der Waals surface area contributed by atoms with E-state index in [1.807, 2.05) is 42.5 Å². The second-order valence-corrected chi connectivity index (χ2v) is 9.90. The fourth-order valence-electron chi connectivity index (χ4n) is 4.95. The average Bonchev–Trinajstić information content (AvgIpc) is 3.27. The quantitative estimate of drug-likeness (QED) is 0.241. The highest BCUT2D eigenvalue weighted by Crippen LogP contribution is 2.33. The molecular formula is C31H33N5O3. The molecule has 8 nitrogen and oxygen atoms in total. The van der Waals surface area contributed by atoms with E-state index in [2.05, 4.69) is 32.7 Å². The van der Waals surface area contributed by atoms with Crippen molar-refractivity contribution in [2.75, 3.05) is 25.0 Å². The van der Waals surface area contributed by atoms with Gasteiger partial charge in [0, 0.05) is 35.6 Å². The molecule has 39 heavy (non-hydrogen) atoms. The van der Waals surface area contributed by atoms with Crippen LogP contribution in [0, 0.1) is 0 Å². The van der Waals surface area contributed by atoms with Crippen molar-refractivity contribution < 1.29 is 14.7 Å². The Kier molecular flexibility index (Phi) is 8.03. The Balaban J connectivity index is 1.48. The van der Waals surface area contributed by atoms with E-state index in [0.29, 0.717) is 27.9 Å². The molecule has 0 spiro atoms. The van der Waals surface area contributed by atoms with Gasteiger partial charge in [0.1, 0.15) is 0 Å². The number of piperidine rings is 1. The first-order valence-electron chi connectivity index (χ1n) is 13.3. The molecule has 200 valence electrons. The first-order chi connectivity index (χ1) is 19.0. The number of carbonyl (C=O) groups excluding carboxylic acids is 2. The third-order valence-electron chi connectivity index (χ3n) is 6.88. The lowest BCUT2D eigenvalue weighted by molar-refractivity contribution is -0.122. The van der Waals surface area contributed by atoms with Crippen LogP contribution in [0.2, 0.25) is 0 Å². The van der Waals surface area contributed by atoms with E-state index >= 15 is 0 Å². The van der Waals surface area contributed by atoms with E-state index in [0.717, 1.165) is 30.9 Å². The lowest BCUT2D eigenvalue weighted by Gasteiger charge is -2.26. The van der Waals surface area contributed by atoms with Crippen molar-refractivity contribution >= 4 is 39.8 Å². The minimum absolute atomic E-state index is 0.00366. The Labute approximate surface area is 227 Å². The van der Waals surface area contributed by atoms with Crippen molar-refractivity contribution in [1.29, 1.82) is 0 Å². The van der Waals surface area contributed by atoms with Crippen LogP contribution in [0.15, 0.2) is 77.8 Å². The molecule has 1 fully saturated rings. The number of H-pyrrole nitrogens is 1. The van der Waals surface area contributed by atoms with Crippen molar-refractivity contribution in [2.45, 2.75) is 32.7 Å². The van der Waals surface area contributed by atoms with Gasteiger partial charge in [-0.2, -0.15) is 0 Å². The van der Waals surface area contributed by atoms with Crippen LogP contribution in [0.5, 0.6) is 5.88 Å². The summed E-state index contributed by atoms with van der Waals surface area (Å²) in [5.74, 6) is -0.620.